The van der Waals surface area contributed by atoms with Crippen LogP contribution in [-0.4, -0.2) is 112 Å². The molecule has 0 saturated heterocycles. The third-order valence-electron chi connectivity index (χ3n) is 18.1. The number of aromatic nitrogens is 12. The van der Waals surface area contributed by atoms with Gasteiger partial charge in [0.1, 0.15) is 17.2 Å². The fourth-order valence-electron chi connectivity index (χ4n) is 12.3. The van der Waals surface area contributed by atoms with Gasteiger partial charge < -0.3 is 38.5 Å². The number of imidazole rings is 3. The Bertz CT molecular complexity index is 5550. The van der Waals surface area contributed by atoms with Gasteiger partial charge in [0.05, 0.1) is 32.8 Å². The molecular formula is C80H83BrCl3F9N12O13. The van der Waals surface area contributed by atoms with Gasteiger partial charge in [0.25, 0.3) is 28.7 Å². The van der Waals surface area contributed by atoms with Gasteiger partial charge in [-0.05, 0) is 180 Å². The van der Waals surface area contributed by atoms with Crippen LogP contribution in [0.15, 0.2) is 179 Å². The molecule has 25 nitrogen and oxygen atoms in total. The van der Waals surface area contributed by atoms with Crippen LogP contribution in [-0.2, 0) is 79.7 Å². The molecule has 6 aromatic carbocycles. The van der Waals surface area contributed by atoms with E-state index in [2.05, 4.69) is 45.1 Å². The maximum absolute atomic E-state index is 13.5. The van der Waals surface area contributed by atoms with E-state index in [1.807, 2.05) is 38.1 Å². The van der Waals surface area contributed by atoms with Crippen molar-refractivity contribution in [2.75, 3.05) is 26.4 Å². The molecule has 38 heteroatoms. The summed E-state index contributed by atoms with van der Waals surface area (Å²) in [6.07, 6.45) is -8.04. The number of fused-ring (bicyclic) bond motifs is 3. The average molecular weight is 1780 g/mol. The molecule has 2 N–H and O–H groups in total. The molecule has 0 atom stereocenters. The number of unbranched alkanes of at least 4 members (excludes halogenated alkanes) is 2. The summed E-state index contributed by atoms with van der Waals surface area (Å²) >= 11 is 21.4. The average Bonchev–Trinajstić information content (AvgIpc) is 1.64. The molecule has 0 saturated carbocycles. The van der Waals surface area contributed by atoms with Crippen molar-refractivity contribution >= 4 is 84.2 Å². The Morgan fingerprint density at radius 1 is 0.381 bits per heavy atom. The third-order valence-corrected chi connectivity index (χ3v) is 19.4. The van der Waals surface area contributed by atoms with E-state index in [9.17, 15) is 73.4 Å². The van der Waals surface area contributed by atoms with Gasteiger partial charge in [0.2, 0.25) is 0 Å². The monoisotopic (exact) mass is 1770 g/mol. The highest BCUT2D eigenvalue weighted by atomic mass is 79.9. The van der Waals surface area contributed by atoms with Gasteiger partial charge in [-0.15, -0.1) is 39.5 Å². The van der Waals surface area contributed by atoms with E-state index in [1.54, 1.807) is 94.5 Å². The van der Waals surface area contributed by atoms with Crippen LogP contribution in [0.3, 0.4) is 0 Å². The Balaban J connectivity index is 0.000000189. The Labute approximate surface area is 690 Å². The third kappa shape index (κ3) is 25.0. The lowest BCUT2D eigenvalue weighted by Crippen LogP contribution is -2.39. The summed E-state index contributed by atoms with van der Waals surface area (Å²) in [5.74, 6) is -0.812. The largest absolute Gasteiger partial charge is 0.573 e. The van der Waals surface area contributed by atoms with Crippen molar-refractivity contribution in [1.82, 2.24) is 56.1 Å². The fraction of sp³-hybridized carbons (Fsp3) is 0.362. The number of hydrogen-bond donors (Lipinski definition) is 2. The lowest BCUT2D eigenvalue weighted by atomic mass is 10.1. The summed E-state index contributed by atoms with van der Waals surface area (Å²) in [5, 5.41) is 19.5. The first-order chi connectivity index (χ1) is 56.1. The van der Waals surface area contributed by atoms with Crippen molar-refractivity contribution in [3.8, 4) is 29.3 Å². The van der Waals surface area contributed by atoms with Crippen molar-refractivity contribution in [2.24, 2.45) is 21.1 Å². The van der Waals surface area contributed by atoms with Crippen LogP contribution in [0.5, 0.6) is 29.3 Å². The summed E-state index contributed by atoms with van der Waals surface area (Å²) in [6, 6.07) is 39.0. The molecule has 0 unspecified atom stereocenters. The van der Waals surface area contributed by atoms with Crippen LogP contribution in [0.4, 0.5) is 39.5 Å². The first-order valence-corrected chi connectivity index (χ1v) is 39.0. The highest BCUT2D eigenvalue weighted by Crippen LogP contribution is 2.30. The van der Waals surface area contributed by atoms with E-state index in [0.29, 0.717) is 106 Å². The van der Waals surface area contributed by atoms with Crippen molar-refractivity contribution in [1.29, 1.82) is 0 Å². The minimum atomic E-state index is -4.78. The normalized spacial score (nSPS) is 11.6. The van der Waals surface area contributed by atoms with Gasteiger partial charge in [-0.2, -0.15) is 9.97 Å². The zero-order chi connectivity index (χ0) is 85.8. The second kappa shape index (κ2) is 41.7. The summed E-state index contributed by atoms with van der Waals surface area (Å²) in [6.45, 7) is 5.79. The molecule has 0 aliphatic rings. The van der Waals surface area contributed by atoms with Gasteiger partial charge in [-0.25, -0.2) is 19.4 Å². The lowest BCUT2D eigenvalue weighted by molar-refractivity contribution is -0.275. The first kappa shape index (κ1) is 91.3. The molecular weight excluding hydrogens is 1690 g/mol. The number of aliphatic hydroxyl groups is 2. The van der Waals surface area contributed by atoms with E-state index in [0.717, 1.165) is 40.5 Å². The van der Waals surface area contributed by atoms with Crippen LogP contribution in [0, 0.1) is 0 Å². The molecule has 12 aromatic rings. The Hall–Kier alpha value is -10.6. The highest BCUT2D eigenvalue weighted by molar-refractivity contribution is 9.10. The van der Waals surface area contributed by atoms with E-state index < -0.39 is 41.6 Å². The van der Waals surface area contributed by atoms with E-state index in [-0.39, 0.29) is 122 Å². The van der Waals surface area contributed by atoms with Crippen molar-refractivity contribution < 1.29 is 73.4 Å². The Morgan fingerprint density at radius 3 is 0.992 bits per heavy atom. The molecule has 632 valence electrons. The van der Waals surface area contributed by atoms with Gasteiger partial charge in [0, 0.05) is 69.1 Å². The summed E-state index contributed by atoms with van der Waals surface area (Å²) in [4.78, 5) is 91.2. The van der Waals surface area contributed by atoms with E-state index in [4.69, 9.17) is 49.4 Å². The van der Waals surface area contributed by atoms with Gasteiger partial charge >= 0.3 is 36.2 Å². The topological polar surface area (TPSA) is 272 Å². The zero-order valence-corrected chi connectivity index (χ0v) is 68.2. The van der Waals surface area contributed by atoms with E-state index >= 15 is 0 Å². The SMILES string of the molecule is CCCCn1c(=O)c2c(nc(Br)n2Cc2ccc(Cl)cc2)n(C)c1=O.CCCCn1c(=O)c2c(nc(OCCCc3cccc(OC(F)(F)F)c3)n2Cc2ccc(Cl)cc2)n(C)c1=O.Cn1c(=O)n(CCCO)c(=O)c2c1nc(OCCCc1cccc(OC(F)(F)F)c1)n2Cc1ccc(Cl)cc1.OCCCc1cccc(OC(F)(F)F)c1. The minimum Gasteiger partial charge on any atom is -0.465 e. The van der Waals surface area contributed by atoms with E-state index in [1.165, 1.54) is 84.5 Å². The molecule has 0 fully saturated rings. The lowest BCUT2D eigenvalue weighted by Gasteiger charge is -2.12. The van der Waals surface area contributed by atoms with Crippen LogP contribution in [0.2, 0.25) is 15.1 Å². The summed E-state index contributed by atoms with van der Waals surface area (Å²) in [5.41, 5.74) is 3.52. The molecule has 0 spiro atoms. The van der Waals surface area contributed by atoms with Crippen LogP contribution < -0.4 is 57.4 Å². The number of nitrogens with zero attached hydrogens (tertiary/aromatic N) is 12. The van der Waals surface area contributed by atoms with Crippen LogP contribution in [0.25, 0.3) is 33.5 Å². The molecule has 0 radical (unpaired) electrons. The molecule has 0 aliphatic heterocycles. The van der Waals surface area contributed by atoms with Crippen molar-refractivity contribution in [3.63, 3.8) is 0 Å². The number of ether oxygens (including phenoxy) is 5. The Kier molecular flexibility index (Phi) is 32.3. The predicted molar refractivity (Wildman–Crippen MR) is 431 cm³/mol. The van der Waals surface area contributed by atoms with Crippen molar-refractivity contribution in [2.45, 2.75) is 143 Å². The maximum atomic E-state index is 13.5. The number of rotatable bonds is 31. The molecule has 0 aliphatic carbocycles. The molecule has 118 heavy (non-hydrogen) atoms. The second-order valence-corrected chi connectivity index (χ2v) is 28.8. The standard InChI is InChI=1S/C27H28ClF3N4O4.C26H26ClF3N4O5.C17H18BrClN4O2.C10H11F3O2/c1-3-4-14-34-24(36)22-23(33(2)26(34)37)32-25(35(22)17-19-10-12-20(28)13-11-19)38-15-6-8-18-7-5-9-21(16-18)39-27(29,30)31;1-32-22-21(23(36)33(25(32)37)12-4-13-35)34(16-18-8-10-19(27)11-9-18)24(31-22)38-14-3-6-17-5-2-7-20(15-17)39-26(28,29)30;1-3-4-9-22-15(24)13-14(21(2)17(22)25)20-16(18)23(13)10-11-5-7-12(19)8-6-11;11-10(12,13)15-9-5-1-3-8(7-9)4-2-6-14/h5,7,9-13,16H,3-4,6,8,14-15,17H2,1-2H3;2,5,7-11,15,35H,3-4,6,12-14,16H2,1H3;5-8H,3-4,9-10H2,1-2H3;1,3,5,7,14H,2,4,6H2. The second-order valence-electron chi connectivity index (χ2n) is 26.8. The molecule has 0 amide bonds. The maximum Gasteiger partial charge on any atom is 0.573 e. The number of aliphatic hydroxyl groups excluding tert-OH is 2. The quantitative estimate of drug-likeness (QED) is 0.0232. The smallest absolute Gasteiger partial charge is 0.465 e. The number of hydrogen-bond acceptors (Lipinski definition) is 16. The predicted octanol–water partition coefficient (Wildman–Crippen LogP) is 14.9. The first-order valence-electron chi connectivity index (χ1n) is 37.1. The zero-order valence-electron chi connectivity index (χ0n) is 64.4. The highest BCUT2D eigenvalue weighted by Gasteiger charge is 2.34. The van der Waals surface area contributed by atoms with Crippen LogP contribution in [0.1, 0.15) is 98.6 Å². The molecule has 12 rings (SSSR count). The number of aryl methyl sites for hydroxylation is 6. The fourth-order valence-corrected chi connectivity index (χ4v) is 13.2. The molecule has 0 bridgehead atoms. The molecule has 6 heterocycles. The summed E-state index contributed by atoms with van der Waals surface area (Å²) < 4.78 is 147. The number of benzene rings is 6. The van der Waals surface area contributed by atoms with Gasteiger partial charge in [-0.3, -0.25) is 50.9 Å². The minimum absolute atomic E-state index is 0.0182. The van der Waals surface area contributed by atoms with Gasteiger partial charge in [-0.1, -0.05) is 134 Å². The van der Waals surface area contributed by atoms with Crippen LogP contribution >= 0.6 is 50.7 Å². The molecule has 6 aromatic heterocycles. The number of alkyl halides is 9. The van der Waals surface area contributed by atoms with Gasteiger partial charge in [0.15, 0.2) is 38.2 Å². The van der Waals surface area contributed by atoms with Crippen molar-refractivity contribution in [3.05, 3.63) is 261 Å². The Morgan fingerprint density at radius 2 is 0.678 bits per heavy atom. The summed E-state index contributed by atoms with van der Waals surface area (Å²) in [7, 11) is 4.70. The number of halogens is 13.